The first-order valence-electron chi connectivity index (χ1n) is 9.42. The molecule has 9 heteroatoms. The van der Waals surface area contributed by atoms with Crippen molar-refractivity contribution in [2.75, 3.05) is 18.1 Å². The van der Waals surface area contributed by atoms with E-state index in [0.29, 0.717) is 26.2 Å². The minimum atomic E-state index is -3.14. The van der Waals surface area contributed by atoms with E-state index in [-0.39, 0.29) is 41.9 Å². The first kappa shape index (κ1) is 20.5. The lowest BCUT2D eigenvalue weighted by molar-refractivity contribution is -0.133. The fourth-order valence-corrected chi connectivity index (χ4v) is 5.04. The lowest BCUT2D eigenvalue weighted by Gasteiger charge is -2.27. The summed E-state index contributed by atoms with van der Waals surface area (Å²) in [7, 11) is -3.14. The molecular formula is C19H25N3O5S. The minimum absolute atomic E-state index is 0.0507. The molecule has 1 aromatic rings. The van der Waals surface area contributed by atoms with E-state index in [1.165, 1.54) is 5.01 Å². The van der Waals surface area contributed by atoms with Crippen LogP contribution in [-0.4, -0.2) is 55.1 Å². The van der Waals surface area contributed by atoms with E-state index < -0.39 is 15.9 Å². The summed E-state index contributed by atoms with van der Waals surface area (Å²) in [5.41, 5.74) is 2.21. The van der Waals surface area contributed by atoms with Crippen molar-refractivity contribution in [3.63, 3.8) is 0 Å². The van der Waals surface area contributed by atoms with Gasteiger partial charge in [-0.2, -0.15) is 5.10 Å². The molecule has 2 aliphatic rings. The Hall–Kier alpha value is -2.26. The average molecular weight is 407 g/mol. The number of carbonyl (C=O) groups is 2. The Morgan fingerprint density at radius 3 is 2.71 bits per heavy atom. The number of hydrazone groups is 1. The van der Waals surface area contributed by atoms with Crippen LogP contribution in [0.1, 0.15) is 37.3 Å². The number of amides is 2. The van der Waals surface area contributed by atoms with Crippen LogP contribution < -0.4 is 5.32 Å². The molecule has 0 spiro atoms. The molecule has 1 saturated heterocycles. The van der Waals surface area contributed by atoms with Gasteiger partial charge in [-0.15, -0.1) is 0 Å². The zero-order valence-electron chi connectivity index (χ0n) is 15.9. The molecule has 0 aromatic heterocycles. The van der Waals surface area contributed by atoms with Crippen molar-refractivity contribution in [2.24, 2.45) is 5.10 Å². The van der Waals surface area contributed by atoms with Crippen LogP contribution in [0.3, 0.4) is 0 Å². The monoisotopic (exact) mass is 407 g/mol. The highest BCUT2D eigenvalue weighted by atomic mass is 32.2. The maximum Gasteiger partial charge on any atom is 0.267 e. The minimum Gasteiger partial charge on any atom is -0.377 e. The molecule has 2 amide bonds. The van der Waals surface area contributed by atoms with Crippen LogP contribution in [0, 0.1) is 0 Å². The van der Waals surface area contributed by atoms with Crippen molar-refractivity contribution in [3.05, 3.63) is 35.4 Å². The van der Waals surface area contributed by atoms with E-state index >= 15 is 0 Å². The van der Waals surface area contributed by atoms with Crippen molar-refractivity contribution in [2.45, 2.75) is 45.4 Å². The molecule has 1 unspecified atom stereocenters. The molecule has 0 bridgehead atoms. The Morgan fingerprint density at radius 1 is 1.29 bits per heavy atom. The Balaban J connectivity index is 1.66. The van der Waals surface area contributed by atoms with E-state index in [1.807, 2.05) is 31.2 Å². The molecule has 3 rings (SSSR count). The summed E-state index contributed by atoms with van der Waals surface area (Å²) in [6.45, 7) is 3.33. The molecule has 1 atom stereocenters. The third-order valence-corrected chi connectivity index (χ3v) is 6.65. The summed E-state index contributed by atoms with van der Waals surface area (Å²) in [5.74, 6) is -0.623. The Labute approximate surface area is 164 Å². The van der Waals surface area contributed by atoms with Gasteiger partial charge in [0.25, 0.3) is 5.91 Å². The third kappa shape index (κ3) is 4.96. The van der Waals surface area contributed by atoms with Gasteiger partial charge in [0.1, 0.15) is 5.71 Å². The largest absolute Gasteiger partial charge is 0.377 e. The lowest BCUT2D eigenvalue weighted by atomic mass is 10.1. The quantitative estimate of drug-likeness (QED) is 0.726. The number of ether oxygens (including phenoxy) is 1. The molecule has 28 heavy (non-hydrogen) atoms. The van der Waals surface area contributed by atoms with Gasteiger partial charge >= 0.3 is 0 Å². The third-order valence-electron chi connectivity index (χ3n) is 4.90. The highest BCUT2D eigenvalue weighted by Crippen LogP contribution is 2.22. The first-order valence-corrected chi connectivity index (χ1v) is 11.2. The van der Waals surface area contributed by atoms with Gasteiger partial charge in [-0.05, 0) is 24.5 Å². The second-order valence-corrected chi connectivity index (χ2v) is 9.16. The SMILES string of the molecule is CCOCc1ccccc1CNC(=O)C1=NN(C2CCS(=O)(=O)C2)C(=O)CC1. The van der Waals surface area contributed by atoms with Crippen LogP contribution in [-0.2, 0) is 37.3 Å². The van der Waals surface area contributed by atoms with Gasteiger partial charge in [0, 0.05) is 26.0 Å². The summed E-state index contributed by atoms with van der Waals surface area (Å²) in [5, 5.41) is 8.24. The number of carbonyl (C=O) groups excluding carboxylic acids is 2. The molecule has 0 saturated carbocycles. The number of benzene rings is 1. The van der Waals surface area contributed by atoms with Crippen LogP contribution >= 0.6 is 0 Å². The van der Waals surface area contributed by atoms with Crippen LogP contribution in [0.15, 0.2) is 29.4 Å². The van der Waals surface area contributed by atoms with Gasteiger partial charge in [0.05, 0.1) is 24.2 Å². The zero-order valence-corrected chi connectivity index (χ0v) is 16.7. The highest BCUT2D eigenvalue weighted by Gasteiger charge is 2.37. The van der Waals surface area contributed by atoms with Gasteiger partial charge in [-0.1, -0.05) is 24.3 Å². The molecule has 2 aliphatic heterocycles. The normalized spacial score (nSPS) is 21.5. The second-order valence-electron chi connectivity index (χ2n) is 6.93. The number of nitrogens with zero attached hydrogens (tertiary/aromatic N) is 2. The molecular weight excluding hydrogens is 382 g/mol. The maximum atomic E-state index is 12.6. The van der Waals surface area contributed by atoms with Crippen molar-refractivity contribution in [3.8, 4) is 0 Å². The Morgan fingerprint density at radius 2 is 2.04 bits per heavy atom. The van der Waals surface area contributed by atoms with Crippen molar-refractivity contribution in [1.29, 1.82) is 0 Å². The summed E-state index contributed by atoms with van der Waals surface area (Å²) in [4.78, 5) is 24.7. The number of sulfone groups is 1. The molecule has 1 fully saturated rings. The summed E-state index contributed by atoms with van der Waals surface area (Å²) >= 11 is 0. The number of nitrogens with one attached hydrogen (secondary N) is 1. The van der Waals surface area contributed by atoms with Crippen LogP contribution in [0.25, 0.3) is 0 Å². The van der Waals surface area contributed by atoms with E-state index in [2.05, 4.69) is 10.4 Å². The molecule has 2 heterocycles. The zero-order chi connectivity index (χ0) is 20.1. The Bertz CT molecular complexity index is 881. The molecule has 0 radical (unpaired) electrons. The van der Waals surface area contributed by atoms with E-state index in [4.69, 9.17) is 4.74 Å². The maximum absolute atomic E-state index is 12.6. The first-order chi connectivity index (χ1) is 13.4. The smallest absolute Gasteiger partial charge is 0.267 e. The predicted octanol–water partition coefficient (Wildman–Crippen LogP) is 1.00. The summed E-state index contributed by atoms with van der Waals surface area (Å²) in [6.07, 6.45) is 0.766. The molecule has 0 aliphatic carbocycles. The van der Waals surface area contributed by atoms with Crippen molar-refractivity contribution < 1.29 is 22.7 Å². The van der Waals surface area contributed by atoms with Gasteiger partial charge in [0.15, 0.2) is 9.84 Å². The van der Waals surface area contributed by atoms with Crippen LogP contribution in [0.5, 0.6) is 0 Å². The van der Waals surface area contributed by atoms with Crippen LogP contribution in [0.4, 0.5) is 0 Å². The fourth-order valence-electron chi connectivity index (χ4n) is 3.35. The topological polar surface area (TPSA) is 105 Å². The highest BCUT2D eigenvalue weighted by molar-refractivity contribution is 7.91. The van der Waals surface area contributed by atoms with E-state index in [0.717, 1.165) is 11.1 Å². The summed E-state index contributed by atoms with van der Waals surface area (Å²) < 4.78 is 28.8. The standard InChI is InChI=1S/C19H25N3O5S/c1-2-27-12-15-6-4-3-5-14(15)11-20-19(24)17-7-8-18(23)22(21-17)16-9-10-28(25,26)13-16/h3-6,16H,2,7-13H2,1H3,(H,20,24). The van der Waals surface area contributed by atoms with E-state index in [1.54, 1.807) is 0 Å². The Kier molecular flexibility index (Phi) is 6.46. The molecule has 1 aromatic carbocycles. The molecule has 152 valence electrons. The number of rotatable bonds is 7. The van der Waals surface area contributed by atoms with Crippen LogP contribution in [0.2, 0.25) is 0 Å². The van der Waals surface area contributed by atoms with Gasteiger partial charge in [0.2, 0.25) is 5.91 Å². The number of hydrogen-bond acceptors (Lipinski definition) is 6. The van der Waals surface area contributed by atoms with Gasteiger partial charge < -0.3 is 10.1 Å². The van der Waals surface area contributed by atoms with Gasteiger partial charge in [-0.3, -0.25) is 9.59 Å². The average Bonchev–Trinajstić information content (AvgIpc) is 3.05. The van der Waals surface area contributed by atoms with Crippen molar-refractivity contribution in [1.82, 2.24) is 10.3 Å². The fraction of sp³-hybridized carbons (Fsp3) is 0.526. The van der Waals surface area contributed by atoms with E-state index in [9.17, 15) is 18.0 Å². The molecule has 1 N–H and O–H groups in total. The second kappa shape index (κ2) is 8.83. The number of hydrogen-bond donors (Lipinski definition) is 1. The molecule has 8 nitrogen and oxygen atoms in total. The van der Waals surface area contributed by atoms with Crippen molar-refractivity contribution >= 4 is 27.4 Å². The van der Waals surface area contributed by atoms with Gasteiger partial charge in [-0.25, -0.2) is 13.4 Å². The predicted molar refractivity (Wildman–Crippen MR) is 104 cm³/mol. The summed E-state index contributed by atoms with van der Waals surface area (Å²) in [6, 6.07) is 7.22. The lowest BCUT2D eigenvalue weighted by Crippen LogP contribution is -2.43.